The zero-order chi connectivity index (χ0) is 20.5. The number of hydrogen-bond donors (Lipinski definition) is 1. The minimum Gasteiger partial charge on any atom is -0.493 e. The highest BCUT2D eigenvalue weighted by Crippen LogP contribution is 2.26. The molecule has 0 atom stereocenters. The topological polar surface area (TPSA) is 81.6 Å². The normalized spacial score (nSPS) is 13.9. The molecule has 1 aliphatic heterocycles. The van der Waals surface area contributed by atoms with Gasteiger partial charge in [-0.3, -0.25) is 4.79 Å². The number of morpholine rings is 1. The summed E-state index contributed by atoms with van der Waals surface area (Å²) in [6, 6.07) is 13.1. The van der Waals surface area contributed by atoms with Crippen LogP contribution in [0.25, 0.3) is 0 Å². The highest BCUT2D eigenvalue weighted by Gasteiger charge is 2.11. The van der Waals surface area contributed by atoms with Crippen molar-refractivity contribution in [3.05, 3.63) is 48.0 Å². The van der Waals surface area contributed by atoms with Crippen molar-refractivity contribution in [2.45, 2.75) is 0 Å². The monoisotopic (exact) mass is 399 g/mol. The Morgan fingerprint density at radius 1 is 1.10 bits per heavy atom. The minimum atomic E-state index is -0.284. The van der Waals surface area contributed by atoms with E-state index in [1.54, 1.807) is 26.4 Å². The highest BCUT2D eigenvalue weighted by atomic mass is 16.6. The lowest BCUT2D eigenvalue weighted by atomic mass is 10.2. The maximum Gasteiger partial charge on any atom is 0.265 e. The Morgan fingerprint density at radius 3 is 2.52 bits per heavy atom. The molecule has 1 fully saturated rings. The summed E-state index contributed by atoms with van der Waals surface area (Å²) < 4.78 is 15.8. The van der Waals surface area contributed by atoms with Crippen LogP contribution in [0.5, 0.6) is 11.5 Å². The van der Waals surface area contributed by atoms with Crippen molar-refractivity contribution in [3.8, 4) is 11.5 Å². The first kappa shape index (κ1) is 20.5. The summed E-state index contributed by atoms with van der Waals surface area (Å²) >= 11 is 0. The van der Waals surface area contributed by atoms with E-state index in [0.717, 1.165) is 37.6 Å². The van der Waals surface area contributed by atoms with E-state index in [2.05, 4.69) is 15.4 Å². The number of amides is 1. The zero-order valence-corrected chi connectivity index (χ0v) is 16.6. The van der Waals surface area contributed by atoms with E-state index in [9.17, 15) is 4.79 Å². The maximum atomic E-state index is 12.0. The molecule has 0 bridgehead atoms. The lowest BCUT2D eigenvalue weighted by molar-refractivity contribution is -0.120. The van der Waals surface area contributed by atoms with Gasteiger partial charge in [0, 0.05) is 30.0 Å². The van der Waals surface area contributed by atoms with E-state index in [1.807, 2.05) is 30.3 Å². The van der Waals surface area contributed by atoms with Crippen LogP contribution in [0.1, 0.15) is 5.56 Å². The molecular formula is C21H25N3O5. The summed E-state index contributed by atoms with van der Waals surface area (Å²) in [7, 11) is 3.14. The number of nitrogens with zero attached hydrogens (tertiary/aromatic N) is 2. The molecule has 0 aliphatic carbocycles. The first-order valence-corrected chi connectivity index (χ1v) is 9.29. The number of carbonyl (C=O) groups is 1. The van der Waals surface area contributed by atoms with Crippen molar-refractivity contribution in [1.82, 2.24) is 0 Å². The number of benzene rings is 2. The second-order valence-corrected chi connectivity index (χ2v) is 6.32. The van der Waals surface area contributed by atoms with Crippen LogP contribution < -0.4 is 19.7 Å². The first-order chi connectivity index (χ1) is 14.2. The van der Waals surface area contributed by atoms with E-state index in [-0.39, 0.29) is 12.5 Å². The Bertz CT molecular complexity index is 833. The van der Waals surface area contributed by atoms with Crippen molar-refractivity contribution < 1.29 is 23.8 Å². The van der Waals surface area contributed by atoms with Crippen LogP contribution in [0.15, 0.2) is 47.6 Å². The SMILES string of the molecule is COc1ccc(/C=N/OCC(=O)Nc2ccc(N3CCOCC3)cc2)cc1OC. The van der Waals surface area contributed by atoms with Crippen LogP contribution in [-0.4, -0.2) is 59.3 Å². The van der Waals surface area contributed by atoms with Gasteiger partial charge >= 0.3 is 0 Å². The van der Waals surface area contributed by atoms with Gasteiger partial charge < -0.3 is 29.3 Å². The van der Waals surface area contributed by atoms with Crippen molar-refractivity contribution in [2.24, 2.45) is 5.16 Å². The van der Waals surface area contributed by atoms with Crippen molar-refractivity contribution in [3.63, 3.8) is 0 Å². The lowest BCUT2D eigenvalue weighted by Crippen LogP contribution is -2.36. The van der Waals surface area contributed by atoms with Crippen LogP contribution >= 0.6 is 0 Å². The molecule has 8 heteroatoms. The Balaban J connectivity index is 1.45. The summed E-state index contributed by atoms with van der Waals surface area (Å²) in [4.78, 5) is 19.4. The molecule has 1 saturated heterocycles. The molecule has 0 saturated carbocycles. The molecule has 154 valence electrons. The Kier molecular flexibility index (Phi) is 7.29. The number of oxime groups is 1. The van der Waals surface area contributed by atoms with Gasteiger partial charge in [-0.15, -0.1) is 0 Å². The molecular weight excluding hydrogens is 374 g/mol. The molecule has 1 aliphatic rings. The Morgan fingerprint density at radius 2 is 1.83 bits per heavy atom. The fourth-order valence-electron chi connectivity index (χ4n) is 2.90. The third-order valence-corrected chi connectivity index (χ3v) is 4.41. The van der Waals surface area contributed by atoms with Gasteiger partial charge in [0.25, 0.3) is 5.91 Å². The molecule has 3 rings (SSSR count). The molecule has 1 amide bonds. The predicted octanol–water partition coefficient (Wildman–Crippen LogP) is 2.53. The summed E-state index contributed by atoms with van der Waals surface area (Å²) in [5, 5.41) is 6.62. The Labute approximate surface area is 170 Å². The summed E-state index contributed by atoms with van der Waals surface area (Å²) in [5.74, 6) is 0.938. The second kappa shape index (κ2) is 10.3. The maximum absolute atomic E-state index is 12.0. The number of anilines is 2. The average molecular weight is 399 g/mol. The van der Waals surface area contributed by atoms with Gasteiger partial charge in [0.05, 0.1) is 33.6 Å². The molecule has 2 aromatic carbocycles. The second-order valence-electron chi connectivity index (χ2n) is 6.32. The summed E-state index contributed by atoms with van der Waals surface area (Å²) in [6.45, 7) is 3.03. The lowest BCUT2D eigenvalue weighted by Gasteiger charge is -2.28. The van der Waals surface area contributed by atoms with E-state index in [0.29, 0.717) is 17.2 Å². The van der Waals surface area contributed by atoms with Crippen LogP contribution in [0.4, 0.5) is 11.4 Å². The number of carbonyl (C=O) groups excluding carboxylic acids is 1. The summed E-state index contributed by atoms with van der Waals surface area (Å²) in [6.07, 6.45) is 1.51. The number of hydrogen-bond acceptors (Lipinski definition) is 7. The van der Waals surface area contributed by atoms with Gasteiger partial charge in [-0.1, -0.05) is 5.16 Å². The molecule has 0 aromatic heterocycles. The van der Waals surface area contributed by atoms with Gasteiger partial charge in [0.2, 0.25) is 0 Å². The number of ether oxygens (including phenoxy) is 3. The average Bonchev–Trinajstić information content (AvgIpc) is 2.77. The van der Waals surface area contributed by atoms with E-state index < -0.39 is 0 Å². The standard InChI is InChI=1S/C21H25N3O5/c1-26-19-8-3-16(13-20(19)27-2)14-22-29-15-21(25)23-17-4-6-18(7-5-17)24-9-11-28-12-10-24/h3-8,13-14H,9-12,15H2,1-2H3,(H,23,25)/b22-14+. The van der Waals surface area contributed by atoms with Gasteiger partial charge in [0.1, 0.15) is 0 Å². The summed E-state index contributed by atoms with van der Waals surface area (Å²) in [5.41, 5.74) is 2.59. The van der Waals surface area contributed by atoms with E-state index in [4.69, 9.17) is 19.0 Å². The van der Waals surface area contributed by atoms with Crippen LogP contribution in [0.3, 0.4) is 0 Å². The van der Waals surface area contributed by atoms with Crippen molar-refractivity contribution in [2.75, 3.05) is 57.3 Å². The zero-order valence-electron chi connectivity index (χ0n) is 16.6. The highest BCUT2D eigenvalue weighted by molar-refractivity contribution is 5.92. The third-order valence-electron chi connectivity index (χ3n) is 4.41. The molecule has 2 aromatic rings. The smallest absolute Gasteiger partial charge is 0.265 e. The molecule has 8 nitrogen and oxygen atoms in total. The van der Waals surface area contributed by atoms with E-state index in [1.165, 1.54) is 6.21 Å². The number of methoxy groups -OCH3 is 2. The van der Waals surface area contributed by atoms with E-state index >= 15 is 0 Å². The molecule has 0 spiro atoms. The number of nitrogens with one attached hydrogen (secondary N) is 1. The van der Waals surface area contributed by atoms with Crippen LogP contribution in [0.2, 0.25) is 0 Å². The fourth-order valence-corrected chi connectivity index (χ4v) is 2.90. The number of rotatable bonds is 8. The van der Waals surface area contributed by atoms with Gasteiger partial charge in [-0.25, -0.2) is 0 Å². The largest absolute Gasteiger partial charge is 0.493 e. The minimum absolute atomic E-state index is 0.186. The third kappa shape index (κ3) is 5.86. The predicted molar refractivity (Wildman–Crippen MR) is 111 cm³/mol. The van der Waals surface area contributed by atoms with Crippen molar-refractivity contribution >= 4 is 23.5 Å². The van der Waals surface area contributed by atoms with Gasteiger partial charge in [0.15, 0.2) is 18.1 Å². The van der Waals surface area contributed by atoms with Crippen LogP contribution in [-0.2, 0) is 14.4 Å². The van der Waals surface area contributed by atoms with Gasteiger partial charge in [-0.2, -0.15) is 0 Å². The molecule has 0 unspecified atom stereocenters. The molecule has 0 radical (unpaired) electrons. The fraction of sp³-hybridized carbons (Fsp3) is 0.333. The first-order valence-electron chi connectivity index (χ1n) is 9.29. The molecule has 1 N–H and O–H groups in total. The van der Waals surface area contributed by atoms with Crippen LogP contribution in [0, 0.1) is 0 Å². The van der Waals surface area contributed by atoms with Crippen molar-refractivity contribution in [1.29, 1.82) is 0 Å². The Hall–Kier alpha value is -3.26. The molecule has 1 heterocycles. The molecule has 29 heavy (non-hydrogen) atoms. The van der Waals surface area contributed by atoms with Gasteiger partial charge in [-0.05, 0) is 42.5 Å². The quantitative estimate of drug-likeness (QED) is 0.543.